The van der Waals surface area contributed by atoms with Gasteiger partial charge in [0, 0.05) is 13.1 Å². The highest BCUT2D eigenvalue weighted by molar-refractivity contribution is 7.93. The van der Waals surface area contributed by atoms with Gasteiger partial charge in [0.25, 0.3) is 0 Å². The molecule has 2 N–H and O–H groups in total. The minimum Gasteiger partial charge on any atom is -0.484 e. The number of benzene rings is 1. The number of allylic oxidation sites excluding steroid dienone is 1. The van der Waals surface area contributed by atoms with E-state index in [1.807, 2.05) is 13.8 Å². The van der Waals surface area contributed by atoms with Crippen molar-refractivity contribution in [3.63, 3.8) is 0 Å². The number of rotatable bonds is 10. The van der Waals surface area contributed by atoms with E-state index in [4.69, 9.17) is 4.74 Å². The van der Waals surface area contributed by atoms with E-state index in [2.05, 4.69) is 9.44 Å². The maximum Gasteiger partial charge on any atom is 0.240 e. The van der Waals surface area contributed by atoms with Crippen LogP contribution in [0.3, 0.4) is 0 Å². The van der Waals surface area contributed by atoms with Crippen LogP contribution >= 0.6 is 0 Å². The normalized spacial score (nSPS) is 20.6. The van der Waals surface area contributed by atoms with Crippen molar-refractivity contribution in [2.75, 3.05) is 13.1 Å². The molecule has 3 rings (SSSR count). The van der Waals surface area contributed by atoms with E-state index in [1.165, 1.54) is 30.4 Å². The minimum atomic E-state index is -3.76. The van der Waals surface area contributed by atoms with Crippen LogP contribution in [0.5, 0.6) is 5.75 Å². The van der Waals surface area contributed by atoms with Gasteiger partial charge in [-0.25, -0.2) is 26.3 Å². The van der Waals surface area contributed by atoms with Crippen molar-refractivity contribution in [3.8, 4) is 5.75 Å². The first kappa shape index (κ1) is 23.6. The lowest BCUT2D eigenvalue weighted by atomic mass is 9.86. The molecular formula is C21H28N2O6S2. The number of nitrogens with one attached hydrogen (secondary N) is 2. The highest BCUT2D eigenvalue weighted by Gasteiger charge is 2.38. The number of Topliss-reactive ketones (excluding diaryl/α,β-unsaturated/α-hetero) is 1. The Kier molecular flexibility index (Phi) is 7.35. The number of hydrogen-bond acceptors (Lipinski definition) is 6. The second kappa shape index (κ2) is 9.64. The Morgan fingerprint density at radius 2 is 1.61 bits per heavy atom. The molecule has 0 saturated carbocycles. The first-order valence-electron chi connectivity index (χ1n) is 10.4. The molecule has 170 valence electrons. The van der Waals surface area contributed by atoms with E-state index >= 15 is 0 Å². The van der Waals surface area contributed by atoms with E-state index in [0.29, 0.717) is 25.9 Å². The van der Waals surface area contributed by atoms with Gasteiger partial charge in [0.1, 0.15) is 11.9 Å². The third kappa shape index (κ3) is 5.25. The lowest BCUT2D eigenvalue weighted by Crippen LogP contribution is -2.38. The number of carbonyl (C=O) groups excluding carboxylic acids is 1. The average Bonchev–Trinajstić information content (AvgIpc) is 2.73. The molecule has 31 heavy (non-hydrogen) atoms. The van der Waals surface area contributed by atoms with Crippen LogP contribution in [-0.2, 0) is 20.0 Å². The van der Waals surface area contributed by atoms with E-state index in [9.17, 15) is 21.6 Å². The van der Waals surface area contributed by atoms with Gasteiger partial charge < -0.3 is 4.74 Å². The second-order valence-electron chi connectivity index (χ2n) is 7.56. The first-order valence-corrected chi connectivity index (χ1v) is 13.4. The fourth-order valence-corrected chi connectivity index (χ4v) is 5.65. The van der Waals surface area contributed by atoms with Gasteiger partial charge in [0.05, 0.1) is 21.3 Å². The number of ether oxygens (including phenoxy) is 1. The molecule has 1 heterocycles. The van der Waals surface area contributed by atoms with Crippen LogP contribution in [0.25, 0.3) is 0 Å². The zero-order valence-corrected chi connectivity index (χ0v) is 19.3. The van der Waals surface area contributed by atoms with Crippen LogP contribution in [0.4, 0.5) is 0 Å². The second-order valence-corrected chi connectivity index (χ2v) is 11.1. The molecule has 0 saturated heterocycles. The topological polar surface area (TPSA) is 119 Å². The molecule has 8 nitrogen and oxygen atoms in total. The summed E-state index contributed by atoms with van der Waals surface area (Å²) < 4.78 is 61.0. The predicted molar refractivity (Wildman–Crippen MR) is 118 cm³/mol. The summed E-state index contributed by atoms with van der Waals surface area (Å²) in [5.74, 6) is -0.937. The van der Waals surface area contributed by atoms with E-state index < -0.39 is 32.1 Å². The van der Waals surface area contributed by atoms with E-state index in [0.717, 1.165) is 12.8 Å². The summed E-state index contributed by atoms with van der Waals surface area (Å²) in [5.41, 5.74) is 0.127. The molecule has 0 fully saturated rings. The van der Waals surface area contributed by atoms with Crippen LogP contribution in [-0.4, -0.2) is 41.8 Å². The maximum atomic E-state index is 13.1. The molecular weight excluding hydrogens is 440 g/mol. The van der Waals surface area contributed by atoms with Gasteiger partial charge in [-0.3, -0.25) is 4.79 Å². The molecule has 10 heteroatoms. The smallest absolute Gasteiger partial charge is 0.240 e. The minimum absolute atomic E-state index is 0.00950. The van der Waals surface area contributed by atoms with E-state index in [-0.39, 0.29) is 26.9 Å². The number of hydrogen-bond donors (Lipinski definition) is 2. The van der Waals surface area contributed by atoms with Crippen LogP contribution in [0.15, 0.2) is 46.2 Å². The van der Waals surface area contributed by atoms with Crippen molar-refractivity contribution in [3.05, 3.63) is 46.9 Å². The molecule has 1 aromatic rings. The molecule has 2 atom stereocenters. The number of fused-ring (bicyclic) bond motifs is 2. The Balaban J connectivity index is 1.87. The number of unbranched alkanes of at least 4 members (excludes halogenated alkanes) is 2. The molecule has 0 bridgehead atoms. The van der Waals surface area contributed by atoms with Gasteiger partial charge in [-0.15, -0.1) is 0 Å². The lowest BCUT2D eigenvalue weighted by Gasteiger charge is -2.31. The predicted octanol–water partition coefficient (Wildman–Crippen LogP) is 2.50. The van der Waals surface area contributed by atoms with Gasteiger partial charge in [0.2, 0.25) is 20.0 Å². The van der Waals surface area contributed by atoms with Gasteiger partial charge in [-0.1, -0.05) is 26.7 Å². The average molecular weight is 469 g/mol. The van der Waals surface area contributed by atoms with Crippen LogP contribution in [0.1, 0.15) is 49.9 Å². The number of sulfonamides is 2. The zero-order valence-electron chi connectivity index (χ0n) is 17.6. The third-order valence-corrected chi connectivity index (χ3v) is 8.13. The quantitative estimate of drug-likeness (QED) is 0.509. The summed E-state index contributed by atoms with van der Waals surface area (Å²) in [5, 5.41) is 0. The molecule has 0 spiro atoms. The highest BCUT2D eigenvalue weighted by Crippen LogP contribution is 2.36. The van der Waals surface area contributed by atoms with Gasteiger partial charge >= 0.3 is 0 Å². The summed E-state index contributed by atoms with van der Waals surface area (Å²) in [6.07, 6.45) is 6.84. The van der Waals surface area contributed by atoms with Crippen molar-refractivity contribution in [1.82, 2.24) is 9.44 Å². The van der Waals surface area contributed by atoms with Crippen LogP contribution < -0.4 is 14.2 Å². The Morgan fingerprint density at radius 1 is 0.968 bits per heavy atom. The highest BCUT2D eigenvalue weighted by atomic mass is 32.2. The molecule has 0 aromatic heterocycles. The monoisotopic (exact) mass is 468 g/mol. The molecule has 1 aliphatic heterocycles. The largest absolute Gasteiger partial charge is 0.484 e. The first-order chi connectivity index (χ1) is 14.7. The molecule has 2 unspecified atom stereocenters. The van der Waals surface area contributed by atoms with Gasteiger partial charge in [-0.2, -0.15) is 0 Å². The van der Waals surface area contributed by atoms with Crippen molar-refractivity contribution >= 4 is 25.8 Å². The van der Waals surface area contributed by atoms with Crippen molar-refractivity contribution in [2.45, 2.75) is 50.5 Å². The third-order valence-electron chi connectivity index (χ3n) is 5.20. The summed E-state index contributed by atoms with van der Waals surface area (Å²) in [6, 6.07) is 4.16. The van der Waals surface area contributed by atoms with Gasteiger partial charge in [-0.05, 0) is 49.3 Å². The van der Waals surface area contributed by atoms with Gasteiger partial charge in [0.15, 0.2) is 5.78 Å². The molecule has 2 aliphatic rings. The maximum absolute atomic E-state index is 13.1. The fourth-order valence-electron chi connectivity index (χ4n) is 3.38. The van der Waals surface area contributed by atoms with Crippen LogP contribution in [0, 0.1) is 5.92 Å². The summed E-state index contributed by atoms with van der Waals surface area (Å²) in [4.78, 5) is 13.1. The molecule has 0 radical (unpaired) electrons. The van der Waals surface area contributed by atoms with E-state index in [1.54, 1.807) is 6.08 Å². The summed E-state index contributed by atoms with van der Waals surface area (Å²) in [7, 11) is -7.50. The number of carbonyl (C=O) groups is 1. The summed E-state index contributed by atoms with van der Waals surface area (Å²) >= 11 is 0. The fraction of sp³-hybridized carbons (Fsp3) is 0.476. The molecule has 0 amide bonds. The van der Waals surface area contributed by atoms with Crippen LogP contribution in [0.2, 0.25) is 0 Å². The Morgan fingerprint density at radius 3 is 2.26 bits per heavy atom. The number of ketones is 1. The Bertz CT molecular complexity index is 1110. The Hall–Kier alpha value is -2.01. The summed E-state index contributed by atoms with van der Waals surface area (Å²) in [6.45, 7) is 4.55. The van der Waals surface area contributed by atoms with Crippen molar-refractivity contribution < 1.29 is 26.4 Å². The lowest BCUT2D eigenvalue weighted by molar-refractivity contribution is 0.0806. The molecule has 1 aromatic carbocycles. The molecule has 1 aliphatic carbocycles. The standard InChI is InChI=1S/C21H28N2O6S2/c1-3-5-11-22-30(25,26)15-7-9-19-17(13-15)21(24)18-14-16(8-10-20(18)29-19)31(27,28)23-12-6-4-2/h7-10,13-14,17,19,22-23H,3-6,11-12H2,1-2H3. The van der Waals surface area contributed by atoms with Crippen molar-refractivity contribution in [2.24, 2.45) is 5.92 Å². The zero-order chi connectivity index (χ0) is 22.6. The Labute approximate surface area is 183 Å². The van der Waals surface area contributed by atoms with Crippen molar-refractivity contribution in [1.29, 1.82) is 0 Å². The SMILES string of the molecule is CCCCNS(=O)(=O)C1=CC2C(=O)c3cc(S(=O)(=O)NCCCC)ccc3OC2C=C1.